The molecule has 1 aromatic heterocycles. The number of ether oxygens (including phenoxy) is 1. The molecule has 0 saturated heterocycles. The number of halogens is 1. The normalized spacial score (nSPS) is 12.0. The first-order valence-corrected chi connectivity index (χ1v) is 8.23. The van der Waals surface area contributed by atoms with E-state index in [1.54, 1.807) is 24.3 Å². The van der Waals surface area contributed by atoms with Crippen molar-refractivity contribution < 1.29 is 14.1 Å². The molecule has 3 rings (SSSR count). The Morgan fingerprint density at radius 3 is 2.48 bits per heavy atom. The van der Waals surface area contributed by atoms with Gasteiger partial charge in [-0.1, -0.05) is 28.9 Å². The summed E-state index contributed by atoms with van der Waals surface area (Å²) >= 11 is 5.88. The molecule has 1 atom stereocenters. The Morgan fingerprint density at radius 1 is 1.16 bits per heavy atom. The number of rotatable bonds is 6. The minimum atomic E-state index is -0.394. The van der Waals surface area contributed by atoms with Crippen LogP contribution in [0.4, 0.5) is 0 Å². The zero-order valence-electron chi connectivity index (χ0n) is 13.9. The third-order valence-electron chi connectivity index (χ3n) is 3.68. The van der Waals surface area contributed by atoms with Crippen LogP contribution in [-0.4, -0.2) is 15.9 Å². The molecule has 25 heavy (non-hydrogen) atoms. The van der Waals surface area contributed by atoms with E-state index >= 15 is 0 Å². The first-order chi connectivity index (χ1) is 12.0. The summed E-state index contributed by atoms with van der Waals surface area (Å²) in [5.41, 5.74) is 1.69. The van der Waals surface area contributed by atoms with Crippen LogP contribution in [-0.2, 0) is 6.42 Å². The summed E-state index contributed by atoms with van der Waals surface area (Å²) in [7, 11) is 0. The maximum atomic E-state index is 11.3. The van der Waals surface area contributed by atoms with Gasteiger partial charge in [-0.05, 0) is 55.8 Å². The lowest BCUT2D eigenvalue weighted by Gasteiger charge is -2.10. The van der Waals surface area contributed by atoms with Gasteiger partial charge in [0.15, 0.2) is 17.7 Å². The van der Waals surface area contributed by atoms with E-state index in [1.807, 2.05) is 31.2 Å². The highest BCUT2D eigenvalue weighted by Crippen LogP contribution is 2.22. The van der Waals surface area contributed by atoms with E-state index in [0.717, 1.165) is 5.56 Å². The van der Waals surface area contributed by atoms with Gasteiger partial charge in [-0.15, -0.1) is 0 Å². The minimum Gasteiger partial charge on any atom is -0.481 e. The molecular weight excluding hydrogens is 340 g/mol. The quantitative estimate of drug-likeness (QED) is 0.601. The van der Waals surface area contributed by atoms with Crippen molar-refractivity contribution in [3.05, 3.63) is 76.4 Å². The molecule has 1 heterocycles. The highest BCUT2D eigenvalue weighted by molar-refractivity contribution is 6.30. The Balaban J connectivity index is 1.64. The summed E-state index contributed by atoms with van der Waals surface area (Å²) in [6.07, 6.45) is 0.162. The van der Waals surface area contributed by atoms with Crippen molar-refractivity contribution in [1.82, 2.24) is 10.1 Å². The van der Waals surface area contributed by atoms with Gasteiger partial charge in [-0.25, -0.2) is 0 Å². The molecule has 0 aliphatic heterocycles. The Hall–Kier alpha value is -2.66. The van der Waals surface area contributed by atoms with E-state index < -0.39 is 6.10 Å². The number of carbonyl (C=O) groups excluding carboxylic acids is 1. The van der Waals surface area contributed by atoms with Crippen molar-refractivity contribution >= 4 is 17.4 Å². The molecule has 0 aliphatic carbocycles. The van der Waals surface area contributed by atoms with E-state index in [0.29, 0.717) is 34.5 Å². The van der Waals surface area contributed by atoms with Gasteiger partial charge in [0.2, 0.25) is 0 Å². The number of carbonyl (C=O) groups is 1. The average Bonchev–Trinajstić information content (AvgIpc) is 3.06. The molecule has 5 nitrogen and oxygen atoms in total. The zero-order valence-corrected chi connectivity index (χ0v) is 14.7. The molecule has 0 aliphatic rings. The van der Waals surface area contributed by atoms with Crippen LogP contribution in [0.5, 0.6) is 5.75 Å². The summed E-state index contributed by atoms with van der Waals surface area (Å²) in [6.45, 7) is 3.36. The van der Waals surface area contributed by atoms with Gasteiger partial charge < -0.3 is 9.26 Å². The van der Waals surface area contributed by atoms with Crippen LogP contribution in [0.2, 0.25) is 5.02 Å². The number of hydrogen-bond donors (Lipinski definition) is 0. The van der Waals surface area contributed by atoms with Gasteiger partial charge in [-0.2, -0.15) is 4.98 Å². The van der Waals surface area contributed by atoms with Crippen LogP contribution >= 0.6 is 11.6 Å². The van der Waals surface area contributed by atoms with Gasteiger partial charge in [0.25, 0.3) is 5.89 Å². The van der Waals surface area contributed by atoms with Crippen LogP contribution in [0.1, 0.15) is 47.6 Å². The summed E-state index contributed by atoms with van der Waals surface area (Å²) in [6, 6.07) is 14.5. The molecule has 128 valence electrons. The van der Waals surface area contributed by atoms with Crippen molar-refractivity contribution in [3.63, 3.8) is 0 Å². The van der Waals surface area contributed by atoms with E-state index in [-0.39, 0.29) is 5.78 Å². The monoisotopic (exact) mass is 356 g/mol. The maximum absolute atomic E-state index is 11.3. The van der Waals surface area contributed by atoms with Crippen LogP contribution in [0, 0.1) is 0 Å². The number of hydrogen-bond acceptors (Lipinski definition) is 5. The van der Waals surface area contributed by atoms with Gasteiger partial charge in [0, 0.05) is 17.0 Å². The molecule has 0 radical (unpaired) electrons. The lowest BCUT2D eigenvalue weighted by molar-refractivity contribution is 0.101. The highest BCUT2D eigenvalue weighted by Gasteiger charge is 2.16. The second-order valence-corrected chi connectivity index (χ2v) is 6.13. The Morgan fingerprint density at radius 2 is 1.84 bits per heavy atom. The van der Waals surface area contributed by atoms with E-state index in [2.05, 4.69) is 10.1 Å². The molecule has 0 saturated carbocycles. The van der Waals surface area contributed by atoms with Crippen LogP contribution < -0.4 is 4.74 Å². The molecular formula is C19H17ClN2O3. The van der Waals surface area contributed by atoms with Crippen molar-refractivity contribution in [2.24, 2.45) is 0 Å². The molecule has 0 N–H and O–H groups in total. The molecule has 0 unspecified atom stereocenters. The smallest absolute Gasteiger partial charge is 0.267 e. The topological polar surface area (TPSA) is 65.2 Å². The Labute approximate surface area is 150 Å². The second-order valence-electron chi connectivity index (χ2n) is 5.69. The number of Topliss-reactive ketones (excluding diaryl/α,β-unsaturated/α-hetero) is 1. The second kappa shape index (κ2) is 7.49. The first-order valence-electron chi connectivity index (χ1n) is 7.86. The Kier molecular flexibility index (Phi) is 5.14. The summed E-state index contributed by atoms with van der Waals surface area (Å²) in [5, 5.41) is 4.68. The summed E-state index contributed by atoms with van der Waals surface area (Å²) < 4.78 is 11.1. The molecule has 0 amide bonds. The average molecular weight is 357 g/mol. The molecule has 2 aromatic carbocycles. The molecule has 6 heteroatoms. The van der Waals surface area contributed by atoms with E-state index in [1.165, 1.54) is 6.92 Å². The Bertz CT molecular complexity index is 857. The molecule has 3 aromatic rings. The van der Waals surface area contributed by atoms with Crippen LogP contribution in [0.15, 0.2) is 53.1 Å². The van der Waals surface area contributed by atoms with E-state index in [9.17, 15) is 4.79 Å². The van der Waals surface area contributed by atoms with Crippen LogP contribution in [0.3, 0.4) is 0 Å². The van der Waals surface area contributed by atoms with Gasteiger partial charge in [-0.3, -0.25) is 4.79 Å². The zero-order chi connectivity index (χ0) is 17.8. The van der Waals surface area contributed by atoms with E-state index in [4.69, 9.17) is 20.9 Å². The standard InChI is InChI=1S/C19H17ClN2O3/c1-12(23)15-5-9-17(10-6-15)24-13(2)19-21-18(22-25-19)11-14-3-7-16(20)8-4-14/h3-10,13H,11H2,1-2H3/t13-/m1/s1. The van der Waals surface area contributed by atoms with Gasteiger partial charge >= 0.3 is 0 Å². The van der Waals surface area contributed by atoms with Crippen molar-refractivity contribution in [2.45, 2.75) is 26.4 Å². The van der Waals surface area contributed by atoms with Crippen molar-refractivity contribution in [3.8, 4) is 5.75 Å². The third-order valence-corrected chi connectivity index (χ3v) is 3.93. The SMILES string of the molecule is CC(=O)c1ccc(O[C@H](C)c2nc(Cc3ccc(Cl)cc3)no2)cc1. The summed E-state index contributed by atoms with van der Waals surface area (Å²) in [5.74, 6) is 1.64. The number of nitrogens with zero attached hydrogens (tertiary/aromatic N) is 2. The number of benzene rings is 2. The minimum absolute atomic E-state index is 0.0170. The fraction of sp³-hybridized carbons (Fsp3) is 0.211. The largest absolute Gasteiger partial charge is 0.481 e. The maximum Gasteiger partial charge on any atom is 0.267 e. The van der Waals surface area contributed by atoms with Gasteiger partial charge in [0.1, 0.15) is 5.75 Å². The first kappa shape index (κ1) is 17.2. The number of aromatic nitrogens is 2. The van der Waals surface area contributed by atoms with Crippen LogP contribution in [0.25, 0.3) is 0 Å². The summed E-state index contributed by atoms with van der Waals surface area (Å²) in [4.78, 5) is 15.7. The molecule has 0 fully saturated rings. The third kappa shape index (κ3) is 4.45. The number of ketones is 1. The fourth-order valence-electron chi connectivity index (χ4n) is 2.31. The lowest BCUT2D eigenvalue weighted by atomic mass is 10.1. The van der Waals surface area contributed by atoms with Gasteiger partial charge in [0.05, 0.1) is 0 Å². The predicted octanol–water partition coefficient (Wildman–Crippen LogP) is 4.66. The lowest BCUT2D eigenvalue weighted by Crippen LogP contribution is -2.04. The molecule has 0 bridgehead atoms. The van der Waals surface area contributed by atoms with Crippen molar-refractivity contribution in [2.75, 3.05) is 0 Å². The van der Waals surface area contributed by atoms with Crippen molar-refractivity contribution in [1.29, 1.82) is 0 Å². The molecule has 0 spiro atoms. The highest BCUT2D eigenvalue weighted by atomic mass is 35.5. The fourth-order valence-corrected chi connectivity index (χ4v) is 2.44. The predicted molar refractivity (Wildman–Crippen MR) is 94.0 cm³/mol.